The predicted molar refractivity (Wildman–Crippen MR) is 79.9 cm³/mol. The van der Waals surface area contributed by atoms with Crippen molar-refractivity contribution in [3.8, 4) is 0 Å². The normalized spacial score (nSPS) is 10.8. The van der Waals surface area contributed by atoms with E-state index in [0.29, 0.717) is 5.69 Å². The van der Waals surface area contributed by atoms with Crippen molar-refractivity contribution in [2.75, 3.05) is 5.32 Å². The summed E-state index contributed by atoms with van der Waals surface area (Å²) in [5.41, 5.74) is 2.48. The van der Waals surface area contributed by atoms with Crippen LogP contribution in [-0.4, -0.2) is 15.3 Å². The molecule has 3 aromatic rings. The monoisotopic (exact) mass is 335 g/mol. The molecule has 0 aliphatic carbocycles. The van der Waals surface area contributed by atoms with E-state index in [1.165, 1.54) is 11.3 Å². The van der Waals surface area contributed by atoms with Crippen molar-refractivity contribution in [2.24, 2.45) is 0 Å². The zero-order valence-electron chi connectivity index (χ0n) is 10.1. The van der Waals surface area contributed by atoms with Gasteiger partial charge in [-0.25, -0.2) is 4.98 Å². The lowest BCUT2D eigenvalue weighted by atomic mass is 10.2. The molecule has 0 spiro atoms. The van der Waals surface area contributed by atoms with Crippen molar-refractivity contribution in [3.63, 3.8) is 0 Å². The van der Waals surface area contributed by atoms with Crippen LogP contribution in [0.15, 0.2) is 40.4 Å². The molecule has 1 amide bonds. The number of halogens is 1. The summed E-state index contributed by atoms with van der Waals surface area (Å²) >= 11 is 4.90. The lowest BCUT2D eigenvalue weighted by Crippen LogP contribution is -2.14. The average Bonchev–Trinajstić information content (AvgIpc) is 2.94. The number of nitrogens with one attached hydrogen (secondary N) is 1. The molecule has 0 aliphatic heterocycles. The number of amides is 1. The first-order chi connectivity index (χ1) is 9.15. The molecule has 19 heavy (non-hydrogen) atoms. The molecule has 0 atom stereocenters. The number of hydrogen-bond acceptors (Lipinski definition) is 3. The van der Waals surface area contributed by atoms with Gasteiger partial charge < -0.3 is 5.32 Å². The van der Waals surface area contributed by atoms with Gasteiger partial charge in [-0.3, -0.25) is 9.20 Å². The van der Waals surface area contributed by atoms with Crippen LogP contribution >= 0.6 is 27.3 Å². The summed E-state index contributed by atoms with van der Waals surface area (Å²) in [4.78, 5) is 17.2. The summed E-state index contributed by atoms with van der Waals surface area (Å²) < 4.78 is 2.65. The quantitative estimate of drug-likeness (QED) is 0.775. The minimum absolute atomic E-state index is 0.145. The molecule has 0 radical (unpaired) electrons. The maximum atomic E-state index is 12.3. The number of fused-ring (bicyclic) bond motifs is 1. The highest BCUT2D eigenvalue weighted by Gasteiger charge is 2.13. The topological polar surface area (TPSA) is 46.4 Å². The molecular weight excluding hydrogens is 326 g/mol. The fourth-order valence-electron chi connectivity index (χ4n) is 1.80. The minimum atomic E-state index is -0.145. The number of anilines is 1. The van der Waals surface area contributed by atoms with E-state index in [4.69, 9.17) is 0 Å². The maximum absolute atomic E-state index is 12.3. The van der Waals surface area contributed by atoms with Gasteiger partial charge in [-0.15, -0.1) is 11.3 Å². The van der Waals surface area contributed by atoms with E-state index >= 15 is 0 Å². The SMILES string of the molecule is Cc1ccc(NC(=O)c2csc3nccn23)c(Br)c1. The Morgan fingerprint density at radius 2 is 2.32 bits per heavy atom. The zero-order valence-corrected chi connectivity index (χ0v) is 12.5. The fraction of sp³-hybridized carbons (Fsp3) is 0.0769. The highest BCUT2D eigenvalue weighted by molar-refractivity contribution is 9.10. The number of nitrogens with zero attached hydrogens (tertiary/aromatic N) is 2. The summed E-state index contributed by atoms with van der Waals surface area (Å²) in [6.45, 7) is 2.00. The van der Waals surface area contributed by atoms with Gasteiger partial charge in [-0.2, -0.15) is 0 Å². The summed E-state index contributed by atoms with van der Waals surface area (Å²) in [5.74, 6) is -0.145. The van der Waals surface area contributed by atoms with Crippen molar-refractivity contribution in [1.82, 2.24) is 9.38 Å². The standard InChI is InChI=1S/C13H10BrN3OS/c1-8-2-3-10(9(14)6-8)16-12(18)11-7-19-13-15-4-5-17(11)13/h2-7H,1H3,(H,16,18). The molecule has 6 heteroatoms. The summed E-state index contributed by atoms with van der Waals surface area (Å²) in [5, 5.41) is 4.70. The summed E-state index contributed by atoms with van der Waals surface area (Å²) in [7, 11) is 0. The number of aromatic nitrogens is 2. The van der Waals surface area contributed by atoms with E-state index in [-0.39, 0.29) is 5.91 Å². The average molecular weight is 336 g/mol. The molecule has 0 saturated heterocycles. The first-order valence-corrected chi connectivity index (χ1v) is 7.30. The van der Waals surface area contributed by atoms with Gasteiger partial charge in [-0.05, 0) is 40.5 Å². The minimum Gasteiger partial charge on any atom is -0.320 e. The van der Waals surface area contributed by atoms with Gasteiger partial charge in [-0.1, -0.05) is 6.07 Å². The highest BCUT2D eigenvalue weighted by atomic mass is 79.9. The van der Waals surface area contributed by atoms with Crippen molar-refractivity contribution in [3.05, 3.63) is 51.7 Å². The van der Waals surface area contributed by atoms with Crippen molar-refractivity contribution in [2.45, 2.75) is 6.92 Å². The molecule has 0 unspecified atom stereocenters. The Bertz CT molecular complexity index is 762. The molecule has 1 N–H and O–H groups in total. The number of carbonyl (C=O) groups excluding carboxylic acids is 1. The van der Waals surface area contributed by atoms with E-state index in [1.807, 2.05) is 25.1 Å². The van der Waals surface area contributed by atoms with Crippen molar-refractivity contribution >= 4 is 43.8 Å². The van der Waals surface area contributed by atoms with Gasteiger partial charge in [0.2, 0.25) is 0 Å². The highest BCUT2D eigenvalue weighted by Crippen LogP contribution is 2.24. The Morgan fingerprint density at radius 1 is 1.47 bits per heavy atom. The van der Waals surface area contributed by atoms with E-state index in [0.717, 1.165) is 20.7 Å². The van der Waals surface area contributed by atoms with Crippen LogP contribution < -0.4 is 5.32 Å². The Kier molecular flexibility index (Phi) is 3.12. The molecule has 0 saturated carbocycles. The molecule has 0 aliphatic rings. The second-order valence-corrected chi connectivity index (χ2v) is 5.83. The van der Waals surface area contributed by atoms with Crippen LogP contribution in [0.5, 0.6) is 0 Å². The third kappa shape index (κ3) is 2.29. The van der Waals surface area contributed by atoms with Gasteiger partial charge >= 0.3 is 0 Å². The Labute approximate surface area is 122 Å². The number of thiazole rings is 1. The summed E-state index contributed by atoms with van der Waals surface area (Å²) in [6.07, 6.45) is 3.47. The molecule has 0 bridgehead atoms. The first-order valence-electron chi connectivity index (χ1n) is 5.63. The van der Waals surface area contributed by atoms with Crippen LogP contribution in [0.2, 0.25) is 0 Å². The largest absolute Gasteiger partial charge is 0.320 e. The Balaban J connectivity index is 1.91. The van der Waals surface area contributed by atoms with E-state index in [9.17, 15) is 4.79 Å². The van der Waals surface area contributed by atoms with Crippen LogP contribution in [0, 0.1) is 6.92 Å². The lowest BCUT2D eigenvalue weighted by molar-refractivity contribution is 0.102. The number of benzene rings is 1. The number of aryl methyl sites for hydroxylation is 1. The van der Waals surface area contributed by atoms with Gasteiger partial charge in [0.05, 0.1) is 5.69 Å². The van der Waals surface area contributed by atoms with Crippen LogP contribution in [-0.2, 0) is 0 Å². The second kappa shape index (κ2) is 4.79. The molecule has 1 aromatic carbocycles. The third-order valence-corrected chi connectivity index (χ3v) is 4.26. The smallest absolute Gasteiger partial charge is 0.273 e. The van der Waals surface area contributed by atoms with Crippen LogP contribution in [0.3, 0.4) is 0 Å². The molecule has 4 nitrogen and oxygen atoms in total. The number of imidazole rings is 1. The molecule has 2 heterocycles. The number of rotatable bonds is 2. The lowest BCUT2D eigenvalue weighted by Gasteiger charge is -2.07. The Hall–Kier alpha value is -1.66. The second-order valence-electron chi connectivity index (χ2n) is 4.14. The van der Waals surface area contributed by atoms with Gasteiger partial charge in [0, 0.05) is 22.2 Å². The zero-order chi connectivity index (χ0) is 13.4. The number of carbonyl (C=O) groups is 1. The third-order valence-electron chi connectivity index (χ3n) is 2.75. The van der Waals surface area contributed by atoms with Crippen molar-refractivity contribution < 1.29 is 4.79 Å². The molecule has 96 valence electrons. The molecule has 2 aromatic heterocycles. The van der Waals surface area contributed by atoms with Crippen LogP contribution in [0.4, 0.5) is 5.69 Å². The Morgan fingerprint density at radius 3 is 3.11 bits per heavy atom. The molecular formula is C13H10BrN3OS. The van der Waals surface area contributed by atoms with E-state index in [2.05, 4.69) is 26.2 Å². The van der Waals surface area contributed by atoms with Gasteiger partial charge in [0.1, 0.15) is 5.69 Å². The van der Waals surface area contributed by atoms with Crippen LogP contribution in [0.25, 0.3) is 4.96 Å². The van der Waals surface area contributed by atoms with Crippen LogP contribution in [0.1, 0.15) is 16.1 Å². The molecule has 0 fully saturated rings. The number of hydrogen-bond donors (Lipinski definition) is 1. The van der Waals surface area contributed by atoms with E-state index in [1.54, 1.807) is 22.2 Å². The first kappa shape index (κ1) is 12.4. The maximum Gasteiger partial charge on any atom is 0.273 e. The van der Waals surface area contributed by atoms with E-state index < -0.39 is 0 Å². The fourth-order valence-corrected chi connectivity index (χ4v) is 3.22. The summed E-state index contributed by atoms with van der Waals surface area (Å²) in [6, 6.07) is 5.81. The molecule has 3 rings (SSSR count). The van der Waals surface area contributed by atoms with Gasteiger partial charge in [0.15, 0.2) is 4.96 Å². The van der Waals surface area contributed by atoms with Gasteiger partial charge in [0.25, 0.3) is 5.91 Å². The van der Waals surface area contributed by atoms with Crippen molar-refractivity contribution in [1.29, 1.82) is 0 Å². The predicted octanol–water partition coefficient (Wildman–Crippen LogP) is 3.72.